The standard InChI is InChI=1S/C23H29ClN4O2/c1-3-25-23(27-13-12-26-22(29)19-10-6-7-11-20(19)24)28-14-15-30-21(16-28)18-9-5-4-8-17(18)2/h4-11,21H,3,12-16H2,1-2H3,(H,25,27)(H,26,29). The van der Waals surface area contributed by atoms with Gasteiger partial charge in [-0.05, 0) is 37.1 Å². The summed E-state index contributed by atoms with van der Waals surface area (Å²) in [6, 6.07) is 15.3. The molecular weight excluding hydrogens is 400 g/mol. The monoisotopic (exact) mass is 428 g/mol. The summed E-state index contributed by atoms with van der Waals surface area (Å²) in [5.74, 6) is 0.651. The zero-order valence-corrected chi connectivity index (χ0v) is 18.3. The van der Waals surface area contributed by atoms with Gasteiger partial charge in [-0.15, -0.1) is 0 Å². The number of carbonyl (C=O) groups excluding carboxylic acids is 1. The topological polar surface area (TPSA) is 66.0 Å². The Labute approximate surface area is 183 Å². The minimum absolute atomic E-state index is 0.0173. The van der Waals surface area contributed by atoms with E-state index in [1.165, 1.54) is 11.1 Å². The second-order valence-electron chi connectivity index (χ2n) is 7.13. The van der Waals surface area contributed by atoms with Crippen molar-refractivity contribution in [3.05, 3.63) is 70.2 Å². The van der Waals surface area contributed by atoms with Gasteiger partial charge in [0.2, 0.25) is 0 Å². The Bertz CT molecular complexity index is 887. The zero-order chi connectivity index (χ0) is 21.3. The highest BCUT2D eigenvalue weighted by Crippen LogP contribution is 2.25. The SMILES string of the molecule is CCNC(=NCCNC(=O)c1ccccc1Cl)N1CCOC(c2ccccc2C)C1. The molecule has 2 aromatic rings. The van der Waals surface area contributed by atoms with Crippen LogP contribution in [0.4, 0.5) is 0 Å². The number of nitrogens with one attached hydrogen (secondary N) is 2. The van der Waals surface area contributed by atoms with Crippen LogP contribution in [0.2, 0.25) is 5.02 Å². The van der Waals surface area contributed by atoms with Crippen molar-refractivity contribution >= 4 is 23.5 Å². The van der Waals surface area contributed by atoms with E-state index in [2.05, 4.69) is 34.6 Å². The second kappa shape index (κ2) is 11.0. The average Bonchev–Trinajstić information content (AvgIpc) is 2.76. The molecule has 1 amide bonds. The van der Waals surface area contributed by atoms with Crippen LogP contribution in [-0.2, 0) is 4.74 Å². The van der Waals surface area contributed by atoms with Gasteiger partial charge < -0.3 is 20.3 Å². The largest absolute Gasteiger partial charge is 0.370 e. The quantitative estimate of drug-likeness (QED) is 0.420. The van der Waals surface area contributed by atoms with Crippen LogP contribution in [0.5, 0.6) is 0 Å². The summed E-state index contributed by atoms with van der Waals surface area (Å²) >= 11 is 6.08. The summed E-state index contributed by atoms with van der Waals surface area (Å²) in [7, 11) is 0. The fourth-order valence-corrected chi connectivity index (χ4v) is 3.70. The number of hydrogen-bond donors (Lipinski definition) is 2. The fourth-order valence-electron chi connectivity index (χ4n) is 3.48. The minimum Gasteiger partial charge on any atom is -0.370 e. The van der Waals surface area contributed by atoms with Crippen molar-refractivity contribution in [1.82, 2.24) is 15.5 Å². The maximum Gasteiger partial charge on any atom is 0.252 e. The number of carbonyl (C=O) groups is 1. The third-order valence-corrected chi connectivity index (χ3v) is 5.34. The van der Waals surface area contributed by atoms with Gasteiger partial charge in [-0.1, -0.05) is 48.0 Å². The van der Waals surface area contributed by atoms with Crippen LogP contribution < -0.4 is 10.6 Å². The molecule has 3 rings (SSSR count). The zero-order valence-electron chi connectivity index (χ0n) is 17.5. The Balaban J connectivity index is 1.59. The lowest BCUT2D eigenvalue weighted by Crippen LogP contribution is -2.48. The molecule has 0 aliphatic carbocycles. The molecule has 1 aliphatic rings. The Kier molecular flexibility index (Phi) is 8.11. The number of amides is 1. The smallest absolute Gasteiger partial charge is 0.252 e. The van der Waals surface area contributed by atoms with E-state index >= 15 is 0 Å². The van der Waals surface area contributed by atoms with Crippen molar-refractivity contribution in [3.8, 4) is 0 Å². The number of nitrogens with zero attached hydrogens (tertiary/aromatic N) is 2. The van der Waals surface area contributed by atoms with Gasteiger partial charge in [-0.25, -0.2) is 0 Å². The molecule has 160 valence electrons. The highest BCUT2D eigenvalue weighted by atomic mass is 35.5. The first-order valence-corrected chi connectivity index (χ1v) is 10.7. The number of ether oxygens (including phenoxy) is 1. The number of rotatable bonds is 6. The molecule has 0 aromatic heterocycles. The maximum absolute atomic E-state index is 12.3. The van der Waals surface area contributed by atoms with E-state index < -0.39 is 0 Å². The molecule has 1 aliphatic heterocycles. The maximum atomic E-state index is 12.3. The first-order chi connectivity index (χ1) is 14.6. The average molecular weight is 429 g/mol. The van der Waals surface area contributed by atoms with Crippen molar-refractivity contribution < 1.29 is 9.53 Å². The van der Waals surface area contributed by atoms with Gasteiger partial charge in [-0.2, -0.15) is 0 Å². The van der Waals surface area contributed by atoms with Gasteiger partial charge in [0, 0.05) is 19.6 Å². The Morgan fingerprint density at radius 1 is 1.20 bits per heavy atom. The predicted molar refractivity (Wildman–Crippen MR) is 121 cm³/mol. The highest BCUT2D eigenvalue weighted by Gasteiger charge is 2.25. The van der Waals surface area contributed by atoms with Crippen molar-refractivity contribution in [2.24, 2.45) is 4.99 Å². The number of hydrogen-bond acceptors (Lipinski definition) is 3. The molecule has 7 heteroatoms. The molecule has 1 fully saturated rings. The molecule has 2 aromatic carbocycles. The summed E-state index contributed by atoms with van der Waals surface area (Å²) in [4.78, 5) is 19.2. The van der Waals surface area contributed by atoms with E-state index in [0.29, 0.717) is 30.3 Å². The molecule has 0 saturated carbocycles. The number of morpholine rings is 1. The molecule has 1 heterocycles. The van der Waals surface area contributed by atoms with Gasteiger partial charge in [0.1, 0.15) is 6.10 Å². The van der Waals surface area contributed by atoms with Crippen LogP contribution in [0, 0.1) is 6.92 Å². The number of guanidine groups is 1. The van der Waals surface area contributed by atoms with Crippen LogP contribution in [0.3, 0.4) is 0 Å². The summed E-state index contributed by atoms with van der Waals surface area (Å²) in [5, 5.41) is 6.68. The van der Waals surface area contributed by atoms with Gasteiger partial charge in [-0.3, -0.25) is 9.79 Å². The normalized spacial score (nSPS) is 17.0. The predicted octanol–water partition coefficient (Wildman–Crippen LogP) is 3.42. The van der Waals surface area contributed by atoms with Crippen molar-refractivity contribution in [2.45, 2.75) is 20.0 Å². The molecule has 0 spiro atoms. The minimum atomic E-state index is -0.188. The lowest BCUT2D eigenvalue weighted by molar-refractivity contribution is -0.00832. The summed E-state index contributed by atoms with van der Waals surface area (Å²) in [5.41, 5.74) is 2.92. The van der Waals surface area contributed by atoms with Gasteiger partial charge in [0.25, 0.3) is 5.91 Å². The molecule has 6 nitrogen and oxygen atoms in total. The first-order valence-electron chi connectivity index (χ1n) is 10.3. The molecule has 1 unspecified atom stereocenters. The molecular formula is C23H29ClN4O2. The molecule has 2 N–H and O–H groups in total. The number of halogens is 1. The number of aryl methyl sites for hydroxylation is 1. The van der Waals surface area contributed by atoms with E-state index in [1.807, 2.05) is 19.1 Å². The van der Waals surface area contributed by atoms with E-state index in [-0.39, 0.29) is 12.0 Å². The molecule has 0 radical (unpaired) electrons. The van der Waals surface area contributed by atoms with Crippen LogP contribution in [0.1, 0.15) is 34.5 Å². The number of benzene rings is 2. The van der Waals surface area contributed by atoms with Crippen LogP contribution in [0.25, 0.3) is 0 Å². The van der Waals surface area contributed by atoms with Crippen molar-refractivity contribution in [2.75, 3.05) is 39.3 Å². The van der Waals surface area contributed by atoms with Crippen molar-refractivity contribution in [3.63, 3.8) is 0 Å². The Hall–Kier alpha value is -2.57. The third kappa shape index (κ3) is 5.74. The van der Waals surface area contributed by atoms with E-state index in [1.54, 1.807) is 24.3 Å². The highest BCUT2D eigenvalue weighted by molar-refractivity contribution is 6.33. The van der Waals surface area contributed by atoms with Gasteiger partial charge >= 0.3 is 0 Å². The van der Waals surface area contributed by atoms with E-state index in [9.17, 15) is 4.79 Å². The fraction of sp³-hybridized carbons (Fsp3) is 0.391. The van der Waals surface area contributed by atoms with Gasteiger partial charge in [0.05, 0.1) is 30.3 Å². The summed E-state index contributed by atoms with van der Waals surface area (Å²) in [6.45, 7) is 8.01. The van der Waals surface area contributed by atoms with E-state index in [4.69, 9.17) is 21.3 Å². The second-order valence-corrected chi connectivity index (χ2v) is 7.54. The summed E-state index contributed by atoms with van der Waals surface area (Å²) in [6.07, 6.45) is 0.0173. The summed E-state index contributed by atoms with van der Waals surface area (Å²) < 4.78 is 6.03. The molecule has 1 atom stereocenters. The lowest BCUT2D eigenvalue weighted by atomic mass is 10.0. The molecule has 0 bridgehead atoms. The Morgan fingerprint density at radius 2 is 1.97 bits per heavy atom. The molecule has 1 saturated heterocycles. The van der Waals surface area contributed by atoms with Crippen LogP contribution in [-0.4, -0.2) is 56.1 Å². The van der Waals surface area contributed by atoms with Gasteiger partial charge in [0.15, 0.2) is 5.96 Å². The van der Waals surface area contributed by atoms with E-state index in [0.717, 1.165) is 25.6 Å². The Morgan fingerprint density at radius 3 is 2.73 bits per heavy atom. The third-order valence-electron chi connectivity index (χ3n) is 5.01. The van der Waals surface area contributed by atoms with Crippen LogP contribution >= 0.6 is 11.6 Å². The lowest BCUT2D eigenvalue weighted by Gasteiger charge is -2.35. The van der Waals surface area contributed by atoms with Crippen LogP contribution in [0.15, 0.2) is 53.5 Å². The first kappa shape index (κ1) is 22.1. The molecule has 30 heavy (non-hydrogen) atoms. The number of aliphatic imine (C=N–C) groups is 1. The van der Waals surface area contributed by atoms with Crippen molar-refractivity contribution in [1.29, 1.82) is 0 Å².